The zero-order valence-corrected chi connectivity index (χ0v) is 11.1. The lowest BCUT2D eigenvalue weighted by molar-refractivity contribution is 0.301. The van der Waals surface area contributed by atoms with Crippen LogP contribution in [0.5, 0.6) is 17.2 Å². The van der Waals surface area contributed by atoms with Crippen molar-refractivity contribution in [2.75, 3.05) is 26.7 Å². The predicted octanol–water partition coefficient (Wildman–Crippen LogP) is 3.49. The molecule has 0 atom stereocenters. The van der Waals surface area contributed by atoms with Crippen LogP contribution in [0, 0.1) is 0 Å². The summed E-state index contributed by atoms with van der Waals surface area (Å²) in [5, 5.41) is 0. The molecule has 0 unspecified atom stereocenters. The number of unbranched alkanes of at least 4 members (excludes halogenated alkanes) is 2. The lowest BCUT2D eigenvalue weighted by Gasteiger charge is -2.10. The first kappa shape index (κ1) is 14.0. The van der Waals surface area contributed by atoms with Gasteiger partial charge in [0, 0.05) is 24.1 Å². The predicted molar refractivity (Wildman–Crippen MR) is 69.6 cm³/mol. The molecule has 0 fully saturated rings. The third-order valence-electron chi connectivity index (χ3n) is 2.37. The van der Waals surface area contributed by atoms with Crippen LogP contribution in [-0.2, 0) is 0 Å². The second-order valence-electron chi connectivity index (χ2n) is 3.65. The summed E-state index contributed by atoms with van der Waals surface area (Å²) < 4.78 is 16.0. The molecule has 0 saturated carbocycles. The molecule has 0 amide bonds. The van der Waals surface area contributed by atoms with Crippen LogP contribution < -0.4 is 14.2 Å². The lowest BCUT2D eigenvalue weighted by Crippen LogP contribution is -1.98. The fourth-order valence-corrected chi connectivity index (χ4v) is 1.62. The van der Waals surface area contributed by atoms with Gasteiger partial charge in [0.2, 0.25) is 0 Å². The maximum Gasteiger partial charge on any atom is 0.126 e. The van der Waals surface area contributed by atoms with Crippen molar-refractivity contribution < 1.29 is 14.2 Å². The Morgan fingerprint density at radius 3 is 2.00 bits per heavy atom. The molecule has 0 bridgehead atoms. The highest BCUT2D eigenvalue weighted by Crippen LogP contribution is 2.27. The first-order valence-corrected chi connectivity index (χ1v) is 6.25. The highest BCUT2D eigenvalue weighted by Gasteiger charge is 2.02. The van der Waals surface area contributed by atoms with Crippen LogP contribution >= 0.6 is 11.6 Å². The maximum atomic E-state index is 5.63. The van der Waals surface area contributed by atoms with Crippen LogP contribution in [-0.4, -0.2) is 26.7 Å². The van der Waals surface area contributed by atoms with Crippen LogP contribution in [0.3, 0.4) is 0 Å². The minimum absolute atomic E-state index is 0.688. The molecule has 0 aromatic heterocycles. The van der Waals surface area contributed by atoms with Gasteiger partial charge in [-0.05, 0) is 19.3 Å². The molecular weight excluding hydrogens is 240 g/mol. The first-order chi connectivity index (χ1) is 8.30. The number of ether oxygens (including phenoxy) is 3. The van der Waals surface area contributed by atoms with Gasteiger partial charge < -0.3 is 14.2 Å². The number of alkyl halides is 1. The van der Waals surface area contributed by atoms with E-state index in [1.807, 2.05) is 18.2 Å². The molecule has 1 aromatic rings. The van der Waals surface area contributed by atoms with Gasteiger partial charge >= 0.3 is 0 Å². The minimum atomic E-state index is 0.688. The Kier molecular flexibility index (Phi) is 6.63. The van der Waals surface area contributed by atoms with Gasteiger partial charge in [-0.2, -0.15) is 0 Å². The van der Waals surface area contributed by atoms with Gasteiger partial charge in [0.05, 0.1) is 20.8 Å². The van der Waals surface area contributed by atoms with Crippen LogP contribution in [0.2, 0.25) is 0 Å². The van der Waals surface area contributed by atoms with E-state index in [9.17, 15) is 0 Å². The number of benzene rings is 1. The number of hydrogen-bond donors (Lipinski definition) is 0. The largest absolute Gasteiger partial charge is 0.496 e. The van der Waals surface area contributed by atoms with Gasteiger partial charge in [-0.25, -0.2) is 0 Å². The number of rotatable bonds is 8. The fraction of sp³-hybridized carbons (Fsp3) is 0.538. The van der Waals surface area contributed by atoms with Crippen molar-refractivity contribution in [1.82, 2.24) is 0 Å². The van der Waals surface area contributed by atoms with Crippen molar-refractivity contribution in [3.05, 3.63) is 18.2 Å². The van der Waals surface area contributed by atoms with Gasteiger partial charge in [0.15, 0.2) is 0 Å². The first-order valence-electron chi connectivity index (χ1n) is 5.72. The van der Waals surface area contributed by atoms with Crippen LogP contribution in [0.4, 0.5) is 0 Å². The molecule has 3 nitrogen and oxygen atoms in total. The van der Waals surface area contributed by atoms with E-state index < -0.39 is 0 Å². The Balaban J connectivity index is 2.46. The highest BCUT2D eigenvalue weighted by atomic mass is 35.5. The monoisotopic (exact) mass is 258 g/mol. The summed E-state index contributed by atoms with van der Waals surface area (Å²) in [5.41, 5.74) is 0. The van der Waals surface area contributed by atoms with Crippen molar-refractivity contribution in [3.8, 4) is 17.2 Å². The van der Waals surface area contributed by atoms with Crippen molar-refractivity contribution in [2.24, 2.45) is 0 Å². The molecule has 96 valence electrons. The van der Waals surface area contributed by atoms with E-state index in [4.69, 9.17) is 25.8 Å². The third kappa shape index (κ3) is 5.18. The smallest absolute Gasteiger partial charge is 0.126 e. The zero-order chi connectivity index (χ0) is 12.5. The molecule has 1 rings (SSSR count). The summed E-state index contributed by atoms with van der Waals surface area (Å²) in [6.07, 6.45) is 3.13. The molecule has 0 saturated heterocycles. The molecule has 0 radical (unpaired) electrons. The van der Waals surface area contributed by atoms with Crippen LogP contribution in [0.15, 0.2) is 18.2 Å². The Bertz CT molecular complexity index is 306. The Hall–Kier alpha value is -1.09. The topological polar surface area (TPSA) is 27.7 Å². The summed E-state index contributed by atoms with van der Waals surface area (Å²) in [4.78, 5) is 0. The van der Waals surface area contributed by atoms with Gasteiger partial charge in [0.25, 0.3) is 0 Å². The maximum absolute atomic E-state index is 5.63. The third-order valence-corrected chi connectivity index (χ3v) is 2.64. The van der Waals surface area contributed by atoms with Crippen molar-refractivity contribution in [3.63, 3.8) is 0 Å². The second kappa shape index (κ2) is 8.07. The quantitative estimate of drug-likeness (QED) is 0.528. The van der Waals surface area contributed by atoms with Crippen LogP contribution in [0.1, 0.15) is 19.3 Å². The van der Waals surface area contributed by atoms with Gasteiger partial charge in [-0.1, -0.05) is 0 Å². The van der Waals surface area contributed by atoms with Crippen LogP contribution in [0.25, 0.3) is 0 Å². The molecule has 0 N–H and O–H groups in total. The Morgan fingerprint density at radius 2 is 1.47 bits per heavy atom. The summed E-state index contributed by atoms with van der Waals surface area (Å²) in [6, 6.07) is 5.52. The van der Waals surface area contributed by atoms with E-state index in [2.05, 4.69) is 0 Å². The van der Waals surface area contributed by atoms with E-state index in [1.54, 1.807) is 14.2 Å². The molecular formula is C13H19ClO3. The lowest BCUT2D eigenvalue weighted by atomic mass is 10.2. The molecule has 0 spiro atoms. The number of halogens is 1. The Morgan fingerprint density at radius 1 is 0.882 bits per heavy atom. The summed E-state index contributed by atoms with van der Waals surface area (Å²) in [5.74, 6) is 2.96. The molecule has 1 aromatic carbocycles. The molecule has 0 aliphatic heterocycles. The minimum Gasteiger partial charge on any atom is -0.496 e. The molecule has 0 heterocycles. The summed E-state index contributed by atoms with van der Waals surface area (Å²) in [7, 11) is 3.25. The number of methoxy groups -OCH3 is 2. The van der Waals surface area contributed by atoms with E-state index in [-0.39, 0.29) is 0 Å². The van der Waals surface area contributed by atoms with E-state index >= 15 is 0 Å². The second-order valence-corrected chi connectivity index (χ2v) is 4.02. The summed E-state index contributed by atoms with van der Waals surface area (Å²) in [6.45, 7) is 0.688. The molecule has 4 heteroatoms. The highest BCUT2D eigenvalue weighted by molar-refractivity contribution is 6.17. The van der Waals surface area contributed by atoms with Gasteiger partial charge in [-0.3, -0.25) is 0 Å². The fourth-order valence-electron chi connectivity index (χ4n) is 1.43. The van der Waals surface area contributed by atoms with Gasteiger partial charge in [0.1, 0.15) is 17.2 Å². The SMILES string of the molecule is COc1cc(OC)cc(OCCCCCCl)c1. The normalized spacial score (nSPS) is 10.1. The van der Waals surface area contributed by atoms with E-state index in [1.165, 1.54) is 0 Å². The number of hydrogen-bond acceptors (Lipinski definition) is 3. The van der Waals surface area contributed by atoms with E-state index in [0.717, 1.165) is 36.5 Å². The van der Waals surface area contributed by atoms with Crippen molar-refractivity contribution in [1.29, 1.82) is 0 Å². The average Bonchev–Trinajstić information content (AvgIpc) is 2.38. The Labute approximate surface area is 108 Å². The summed E-state index contributed by atoms with van der Waals surface area (Å²) >= 11 is 5.60. The van der Waals surface area contributed by atoms with E-state index in [0.29, 0.717) is 12.5 Å². The zero-order valence-electron chi connectivity index (χ0n) is 10.4. The van der Waals surface area contributed by atoms with Crippen molar-refractivity contribution >= 4 is 11.6 Å². The van der Waals surface area contributed by atoms with Crippen molar-refractivity contribution in [2.45, 2.75) is 19.3 Å². The molecule has 0 aliphatic rings. The molecule has 0 aliphatic carbocycles. The average molecular weight is 259 g/mol. The standard InChI is InChI=1S/C13H19ClO3/c1-15-11-8-12(16-2)10-13(9-11)17-7-5-3-4-6-14/h8-10H,3-7H2,1-2H3. The van der Waals surface area contributed by atoms with Gasteiger partial charge in [-0.15, -0.1) is 11.6 Å². The molecule has 17 heavy (non-hydrogen) atoms.